The lowest BCUT2D eigenvalue weighted by Gasteiger charge is -2.36. The van der Waals surface area contributed by atoms with Gasteiger partial charge in [-0.1, -0.05) is 30.3 Å². The maximum atomic E-state index is 15.2. The van der Waals surface area contributed by atoms with Crippen LogP contribution in [0.1, 0.15) is 11.5 Å². The summed E-state index contributed by atoms with van der Waals surface area (Å²) in [4.78, 5) is 22.6. The fourth-order valence-corrected chi connectivity index (χ4v) is 2.38. The third kappa shape index (κ3) is 3.15. The van der Waals surface area contributed by atoms with Crippen LogP contribution in [-0.2, 0) is 9.59 Å². The first kappa shape index (κ1) is 17.6. The first-order chi connectivity index (χ1) is 11.1. The summed E-state index contributed by atoms with van der Waals surface area (Å²) < 4.78 is 66.6. The standard InChI is InChI=1S/C15H11F5N2O2/c16-10-7-6-9(12(21)23)11(8-4-2-1-3-5-8)14(10,17)22-13(24)15(18,19)20/h1-7,11H,(H2,21,23)(H,22,24). The van der Waals surface area contributed by atoms with Crippen molar-refractivity contribution in [1.29, 1.82) is 0 Å². The van der Waals surface area contributed by atoms with E-state index in [1.165, 1.54) is 30.3 Å². The summed E-state index contributed by atoms with van der Waals surface area (Å²) in [7, 11) is 0. The van der Waals surface area contributed by atoms with E-state index in [1.54, 1.807) is 0 Å². The average Bonchev–Trinajstić information content (AvgIpc) is 2.49. The molecule has 2 amide bonds. The molecule has 1 aromatic carbocycles. The van der Waals surface area contributed by atoms with E-state index in [1.807, 2.05) is 0 Å². The molecule has 0 saturated heterocycles. The van der Waals surface area contributed by atoms with Gasteiger partial charge in [0.1, 0.15) is 0 Å². The van der Waals surface area contributed by atoms with Crippen LogP contribution >= 0.6 is 0 Å². The van der Waals surface area contributed by atoms with Crippen molar-refractivity contribution < 1.29 is 31.5 Å². The highest BCUT2D eigenvalue weighted by Gasteiger charge is 2.54. The molecule has 9 heteroatoms. The number of nitrogens with one attached hydrogen (secondary N) is 1. The van der Waals surface area contributed by atoms with Crippen molar-refractivity contribution in [3.63, 3.8) is 0 Å². The zero-order valence-corrected chi connectivity index (χ0v) is 11.9. The minimum absolute atomic E-state index is 0.0317. The third-order valence-electron chi connectivity index (χ3n) is 3.44. The van der Waals surface area contributed by atoms with Gasteiger partial charge in [-0.05, 0) is 17.7 Å². The van der Waals surface area contributed by atoms with Crippen LogP contribution in [0.4, 0.5) is 22.0 Å². The van der Waals surface area contributed by atoms with Crippen LogP contribution in [0.15, 0.2) is 53.9 Å². The van der Waals surface area contributed by atoms with Crippen molar-refractivity contribution in [3.05, 3.63) is 59.4 Å². The number of primary amides is 1. The molecule has 0 aromatic heterocycles. The smallest absolute Gasteiger partial charge is 0.366 e. The molecule has 2 rings (SSSR count). The molecule has 0 fully saturated rings. The number of amides is 2. The fraction of sp³-hybridized carbons (Fsp3) is 0.200. The molecule has 0 aliphatic heterocycles. The summed E-state index contributed by atoms with van der Waals surface area (Å²) in [6.07, 6.45) is -4.11. The number of allylic oxidation sites excluding steroid dienone is 2. The van der Waals surface area contributed by atoms with E-state index in [9.17, 15) is 27.2 Å². The monoisotopic (exact) mass is 346 g/mol. The summed E-state index contributed by atoms with van der Waals surface area (Å²) in [6.45, 7) is 0. The minimum Gasteiger partial charge on any atom is -0.366 e. The summed E-state index contributed by atoms with van der Waals surface area (Å²) in [5, 5.41) is 0.996. The molecule has 0 radical (unpaired) electrons. The molecular weight excluding hydrogens is 335 g/mol. The predicted molar refractivity (Wildman–Crippen MR) is 73.7 cm³/mol. The summed E-state index contributed by atoms with van der Waals surface area (Å²) in [6, 6.07) is 6.90. The maximum Gasteiger partial charge on any atom is 0.471 e. The van der Waals surface area contributed by atoms with Gasteiger partial charge in [0.15, 0.2) is 5.83 Å². The van der Waals surface area contributed by atoms with Gasteiger partial charge in [0.2, 0.25) is 11.7 Å². The van der Waals surface area contributed by atoms with E-state index in [0.29, 0.717) is 6.08 Å². The summed E-state index contributed by atoms with van der Waals surface area (Å²) in [5.74, 6) is -11.0. The lowest BCUT2D eigenvalue weighted by molar-refractivity contribution is -0.178. The van der Waals surface area contributed by atoms with Gasteiger partial charge in [-0.25, -0.2) is 8.78 Å². The Hall–Kier alpha value is -2.71. The summed E-state index contributed by atoms with van der Waals surface area (Å²) in [5.41, 5.74) is 4.61. The topological polar surface area (TPSA) is 72.2 Å². The molecule has 2 unspecified atom stereocenters. The zero-order valence-electron chi connectivity index (χ0n) is 11.9. The quantitative estimate of drug-likeness (QED) is 0.652. The molecule has 1 aliphatic carbocycles. The molecule has 0 bridgehead atoms. The van der Waals surface area contributed by atoms with Crippen LogP contribution < -0.4 is 11.1 Å². The number of hydrogen-bond acceptors (Lipinski definition) is 2. The number of hydrogen-bond donors (Lipinski definition) is 2. The number of nitrogens with two attached hydrogens (primary N) is 1. The van der Waals surface area contributed by atoms with Gasteiger partial charge in [-0.2, -0.15) is 13.2 Å². The van der Waals surface area contributed by atoms with Crippen LogP contribution in [0, 0.1) is 0 Å². The molecule has 1 aromatic rings. The Kier molecular flexibility index (Phi) is 4.46. The molecular formula is C15H11F5N2O2. The molecule has 128 valence electrons. The van der Waals surface area contributed by atoms with Crippen molar-refractivity contribution in [2.24, 2.45) is 5.73 Å². The highest BCUT2D eigenvalue weighted by Crippen LogP contribution is 2.44. The predicted octanol–water partition coefficient (Wildman–Crippen LogP) is 2.39. The molecule has 0 saturated carbocycles. The Bertz CT molecular complexity index is 727. The molecule has 3 N–H and O–H groups in total. The van der Waals surface area contributed by atoms with E-state index in [4.69, 9.17) is 5.73 Å². The number of carbonyl (C=O) groups is 2. The van der Waals surface area contributed by atoms with E-state index < -0.39 is 41.1 Å². The molecule has 2 atom stereocenters. The SMILES string of the molecule is NC(=O)C1=CC=C(F)C(F)(NC(=O)C(F)(F)F)C1c1ccccc1. The lowest BCUT2D eigenvalue weighted by Crippen LogP contribution is -2.55. The van der Waals surface area contributed by atoms with Crippen LogP contribution in [0.5, 0.6) is 0 Å². The number of rotatable bonds is 3. The van der Waals surface area contributed by atoms with Crippen LogP contribution in [0.25, 0.3) is 0 Å². The molecule has 0 heterocycles. The van der Waals surface area contributed by atoms with Crippen molar-refractivity contribution in [1.82, 2.24) is 5.32 Å². The van der Waals surface area contributed by atoms with Crippen LogP contribution in [0.2, 0.25) is 0 Å². The summed E-state index contributed by atoms with van der Waals surface area (Å²) >= 11 is 0. The van der Waals surface area contributed by atoms with E-state index in [0.717, 1.165) is 11.4 Å². The lowest BCUT2D eigenvalue weighted by atomic mass is 9.79. The van der Waals surface area contributed by atoms with Crippen molar-refractivity contribution in [2.45, 2.75) is 17.9 Å². The van der Waals surface area contributed by atoms with E-state index >= 15 is 4.39 Å². The minimum atomic E-state index is -5.44. The normalized spacial score (nSPS) is 24.0. The van der Waals surface area contributed by atoms with Crippen LogP contribution in [0.3, 0.4) is 0 Å². The van der Waals surface area contributed by atoms with Gasteiger partial charge in [0.25, 0.3) is 0 Å². The number of carbonyl (C=O) groups excluding carboxylic acids is 2. The second-order valence-corrected chi connectivity index (χ2v) is 5.01. The third-order valence-corrected chi connectivity index (χ3v) is 3.44. The highest BCUT2D eigenvalue weighted by molar-refractivity contribution is 5.95. The first-order valence-corrected chi connectivity index (χ1v) is 6.58. The second-order valence-electron chi connectivity index (χ2n) is 5.01. The Labute approximate surface area is 132 Å². The second kappa shape index (κ2) is 6.06. The molecule has 1 aliphatic rings. The Morgan fingerprint density at radius 2 is 1.71 bits per heavy atom. The van der Waals surface area contributed by atoms with Crippen LogP contribution in [-0.4, -0.2) is 23.8 Å². The highest BCUT2D eigenvalue weighted by atomic mass is 19.4. The van der Waals surface area contributed by atoms with Crippen molar-refractivity contribution in [3.8, 4) is 0 Å². The van der Waals surface area contributed by atoms with Gasteiger partial charge in [0.05, 0.1) is 5.92 Å². The van der Waals surface area contributed by atoms with Gasteiger partial charge in [-0.3, -0.25) is 9.59 Å². The Morgan fingerprint density at radius 3 is 2.21 bits per heavy atom. The fourth-order valence-electron chi connectivity index (χ4n) is 2.38. The van der Waals surface area contributed by atoms with Gasteiger partial charge in [-0.15, -0.1) is 0 Å². The number of benzene rings is 1. The number of halogens is 5. The van der Waals surface area contributed by atoms with E-state index in [2.05, 4.69) is 0 Å². The number of alkyl halides is 4. The molecule has 4 nitrogen and oxygen atoms in total. The average molecular weight is 346 g/mol. The molecule has 0 spiro atoms. The zero-order chi connectivity index (χ0) is 18.1. The van der Waals surface area contributed by atoms with E-state index in [-0.39, 0.29) is 5.56 Å². The molecule has 24 heavy (non-hydrogen) atoms. The van der Waals surface area contributed by atoms with Crippen molar-refractivity contribution in [2.75, 3.05) is 0 Å². The first-order valence-electron chi connectivity index (χ1n) is 6.58. The van der Waals surface area contributed by atoms with Gasteiger partial charge < -0.3 is 11.1 Å². The maximum absolute atomic E-state index is 15.2. The van der Waals surface area contributed by atoms with Gasteiger partial charge >= 0.3 is 12.1 Å². The largest absolute Gasteiger partial charge is 0.471 e. The van der Waals surface area contributed by atoms with Crippen molar-refractivity contribution >= 4 is 11.8 Å². The Balaban J connectivity index is 2.57. The Morgan fingerprint density at radius 1 is 1.12 bits per heavy atom. The van der Waals surface area contributed by atoms with Gasteiger partial charge in [0, 0.05) is 5.57 Å².